The lowest BCUT2D eigenvalue weighted by Gasteiger charge is -2.15. The first-order chi connectivity index (χ1) is 12.0. The van der Waals surface area contributed by atoms with Gasteiger partial charge in [0.2, 0.25) is 5.91 Å². The maximum atomic E-state index is 12.2. The Bertz CT molecular complexity index is 887. The molecule has 1 N–H and O–H groups in total. The minimum atomic E-state index is -0.121. The quantitative estimate of drug-likeness (QED) is 0.688. The number of amides is 1. The summed E-state index contributed by atoms with van der Waals surface area (Å²) in [6.07, 6.45) is 0. The zero-order chi connectivity index (χ0) is 17.8. The highest BCUT2D eigenvalue weighted by atomic mass is 32.1. The van der Waals surface area contributed by atoms with Crippen LogP contribution in [0, 0.1) is 0 Å². The van der Waals surface area contributed by atoms with Crippen LogP contribution in [0.3, 0.4) is 0 Å². The van der Waals surface area contributed by atoms with Crippen LogP contribution in [-0.2, 0) is 11.3 Å². The lowest BCUT2D eigenvalue weighted by molar-refractivity contribution is -0.117. The van der Waals surface area contributed by atoms with Gasteiger partial charge in [-0.15, -0.1) is 11.3 Å². The van der Waals surface area contributed by atoms with E-state index in [0.29, 0.717) is 17.8 Å². The predicted octanol–water partition coefficient (Wildman–Crippen LogP) is 3.57. The van der Waals surface area contributed by atoms with Gasteiger partial charge in [-0.2, -0.15) is 0 Å². The Hall–Kier alpha value is -2.57. The third-order valence-electron chi connectivity index (χ3n) is 3.71. The third kappa shape index (κ3) is 4.49. The molecule has 3 rings (SSSR count). The number of Topliss-reactive ketones (excluding diaryl/α,β-unsaturated/α-hetero) is 1. The largest absolute Gasteiger partial charge is 0.325 e. The van der Waals surface area contributed by atoms with Gasteiger partial charge in [-0.1, -0.05) is 24.3 Å². The molecule has 0 aliphatic heterocycles. The number of nitrogens with one attached hydrogen (secondary N) is 1. The number of para-hydroxylation sites is 1. The van der Waals surface area contributed by atoms with Crippen molar-refractivity contribution in [3.63, 3.8) is 0 Å². The molecule has 1 heterocycles. The van der Waals surface area contributed by atoms with Crippen LogP contribution in [0.1, 0.15) is 22.3 Å². The lowest BCUT2D eigenvalue weighted by Crippen LogP contribution is -2.29. The fourth-order valence-corrected chi connectivity index (χ4v) is 3.58. The van der Waals surface area contributed by atoms with Crippen LogP contribution in [0.2, 0.25) is 0 Å². The topological polar surface area (TPSA) is 62.3 Å². The van der Waals surface area contributed by atoms with Crippen molar-refractivity contribution in [3.8, 4) is 0 Å². The summed E-state index contributed by atoms with van der Waals surface area (Å²) < 4.78 is 1.15. The van der Waals surface area contributed by atoms with E-state index in [2.05, 4.69) is 10.3 Å². The zero-order valence-electron chi connectivity index (χ0n) is 14.2. The molecule has 0 atom stereocenters. The molecule has 5 nitrogen and oxygen atoms in total. The first-order valence-corrected chi connectivity index (χ1v) is 8.77. The van der Waals surface area contributed by atoms with E-state index in [4.69, 9.17) is 0 Å². The number of likely N-dealkylation sites (N-methyl/N-ethyl adjacent to an activating group) is 1. The fraction of sp³-hybridized carbons (Fsp3) is 0.211. The Kier molecular flexibility index (Phi) is 5.21. The van der Waals surface area contributed by atoms with Crippen LogP contribution < -0.4 is 5.32 Å². The van der Waals surface area contributed by atoms with Crippen molar-refractivity contribution in [2.75, 3.05) is 18.9 Å². The molecule has 0 aliphatic rings. The Morgan fingerprint density at radius 2 is 1.96 bits per heavy atom. The summed E-state index contributed by atoms with van der Waals surface area (Å²) in [7, 11) is 1.89. The van der Waals surface area contributed by atoms with E-state index in [9.17, 15) is 9.59 Å². The van der Waals surface area contributed by atoms with E-state index in [1.165, 1.54) is 6.92 Å². The van der Waals surface area contributed by atoms with Gasteiger partial charge < -0.3 is 5.32 Å². The van der Waals surface area contributed by atoms with Gasteiger partial charge >= 0.3 is 0 Å². The molecular weight excluding hydrogens is 334 g/mol. The van der Waals surface area contributed by atoms with E-state index in [0.717, 1.165) is 15.2 Å². The molecule has 0 bridgehead atoms. The summed E-state index contributed by atoms with van der Waals surface area (Å²) >= 11 is 1.64. The second-order valence-corrected chi connectivity index (χ2v) is 7.05. The molecule has 6 heteroatoms. The summed E-state index contributed by atoms with van der Waals surface area (Å²) in [6.45, 7) is 2.37. The summed E-state index contributed by atoms with van der Waals surface area (Å²) in [4.78, 5) is 30.1. The van der Waals surface area contributed by atoms with Crippen LogP contribution >= 0.6 is 11.3 Å². The van der Waals surface area contributed by atoms with E-state index in [1.54, 1.807) is 35.6 Å². The summed E-state index contributed by atoms with van der Waals surface area (Å²) in [5.74, 6) is -0.145. The van der Waals surface area contributed by atoms with Crippen molar-refractivity contribution in [2.24, 2.45) is 0 Å². The number of rotatable bonds is 6. The second-order valence-electron chi connectivity index (χ2n) is 5.93. The molecular formula is C19H19N3O2S. The lowest BCUT2D eigenvalue weighted by atomic mass is 10.1. The first kappa shape index (κ1) is 17.3. The van der Waals surface area contributed by atoms with Crippen molar-refractivity contribution in [1.82, 2.24) is 9.88 Å². The minimum Gasteiger partial charge on any atom is -0.325 e. The van der Waals surface area contributed by atoms with E-state index < -0.39 is 0 Å². The van der Waals surface area contributed by atoms with Gasteiger partial charge in [0.05, 0.1) is 23.3 Å². The average molecular weight is 353 g/mol. The van der Waals surface area contributed by atoms with Crippen LogP contribution in [-0.4, -0.2) is 35.2 Å². The van der Waals surface area contributed by atoms with Gasteiger partial charge in [-0.25, -0.2) is 4.98 Å². The van der Waals surface area contributed by atoms with Gasteiger partial charge in [0.15, 0.2) is 5.78 Å². The summed E-state index contributed by atoms with van der Waals surface area (Å²) in [5, 5.41) is 3.81. The number of anilines is 1. The number of hydrogen-bond donors (Lipinski definition) is 1. The van der Waals surface area contributed by atoms with E-state index in [-0.39, 0.29) is 18.2 Å². The molecule has 0 spiro atoms. The van der Waals surface area contributed by atoms with Crippen LogP contribution in [0.4, 0.5) is 5.69 Å². The van der Waals surface area contributed by atoms with Crippen LogP contribution in [0.5, 0.6) is 0 Å². The highest BCUT2D eigenvalue weighted by molar-refractivity contribution is 7.18. The molecule has 3 aromatic rings. The van der Waals surface area contributed by atoms with E-state index >= 15 is 0 Å². The maximum absolute atomic E-state index is 12.2. The average Bonchev–Trinajstić information content (AvgIpc) is 2.96. The van der Waals surface area contributed by atoms with Gasteiger partial charge in [0.1, 0.15) is 5.01 Å². The smallest absolute Gasteiger partial charge is 0.238 e. The fourth-order valence-electron chi connectivity index (χ4n) is 2.54. The number of hydrogen-bond acceptors (Lipinski definition) is 5. The van der Waals surface area contributed by atoms with Crippen molar-refractivity contribution < 1.29 is 9.59 Å². The highest BCUT2D eigenvalue weighted by Crippen LogP contribution is 2.22. The van der Waals surface area contributed by atoms with Gasteiger partial charge in [0, 0.05) is 11.3 Å². The van der Waals surface area contributed by atoms with Crippen molar-refractivity contribution >= 4 is 38.9 Å². The Balaban J connectivity index is 1.58. The molecule has 0 aliphatic carbocycles. The number of aromatic nitrogens is 1. The Labute approximate surface area is 150 Å². The number of carbonyl (C=O) groups excluding carboxylic acids is 2. The molecule has 128 valence electrons. The second kappa shape index (κ2) is 7.55. The number of fused-ring (bicyclic) bond motifs is 1. The van der Waals surface area contributed by atoms with Crippen LogP contribution in [0.25, 0.3) is 10.2 Å². The molecule has 0 fully saturated rings. The molecule has 2 aromatic carbocycles. The summed E-state index contributed by atoms with van der Waals surface area (Å²) in [6, 6.07) is 15.0. The monoisotopic (exact) mass is 353 g/mol. The first-order valence-electron chi connectivity index (χ1n) is 7.95. The Morgan fingerprint density at radius 3 is 2.72 bits per heavy atom. The zero-order valence-corrected chi connectivity index (χ0v) is 15.0. The molecule has 1 amide bonds. The van der Waals surface area contributed by atoms with Gasteiger partial charge in [-0.05, 0) is 38.2 Å². The van der Waals surface area contributed by atoms with Gasteiger partial charge in [0.25, 0.3) is 0 Å². The molecule has 1 aromatic heterocycles. The highest BCUT2D eigenvalue weighted by Gasteiger charge is 2.11. The number of nitrogens with zero attached hydrogens (tertiary/aromatic N) is 2. The molecule has 0 radical (unpaired) electrons. The maximum Gasteiger partial charge on any atom is 0.238 e. The molecule has 25 heavy (non-hydrogen) atoms. The molecule has 0 unspecified atom stereocenters. The third-order valence-corrected chi connectivity index (χ3v) is 4.73. The SMILES string of the molecule is CC(=O)c1cccc(NC(=O)CN(C)Cc2nc3ccccc3s2)c1. The van der Waals surface area contributed by atoms with Crippen molar-refractivity contribution in [2.45, 2.75) is 13.5 Å². The Morgan fingerprint density at radius 1 is 1.16 bits per heavy atom. The normalized spacial score (nSPS) is 11.0. The predicted molar refractivity (Wildman–Crippen MR) is 101 cm³/mol. The molecule has 0 saturated heterocycles. The number of thiazole rings is 1. The number of carbonyl (C=O) groups is 2. The van der Waals surface area contributed by atoms with Crippen molar-refractivity contribution in [1.29, 1.82) is 0 Å². The summed E-state index contributed by atoms with van der Waals surface area (Å²) in [5.41, 5.74) is 2.20. The minimum absolute atomic E-state index is 0.0240. The van der Waals surface area contributed by atoms with Gasteiger partial charge in [-0.3, -0.25) is 14.5 Å². The van der Waals surface area contributed by atoms with Crippen LogP contribution in [0.15, 0.2) is 48.5 Å². The van der Waals surface area contributed by atoms with E-state index in [1.807, 2.05) is 36.2 Å². The number of benzene rings is 2. The van der Waals surface area contributed by atoms with Crippen molar-refractivity contribution in [3.05, 3.63) is 59.1 Å². The molecule has 0 saturated carbocycles. The number of ketones is 1. The standard InChI is InChI=1S/C19H19N3O2S/c1-13(23)14-6-5-7-15(10-14)20-18(24)11-22(2)12-19-21-16-8-3-4-9-17(16)25-19/h3-10H,11-12H2,1-2H3,(H,20,24).